The van der Waals surface area contributed by atoms with Crippen molar-refractivity contribution in [1.29, 1.82) is 0 Å². The number of hydrogen-bond acceptors (Lipinski definition) is 1. The predicted octanol–water partition coefficient (Wildman–Crippen LogP) is 1.59. The number of hydrogen-bond donors (Lipinski definition) is 1. The Morgan fingerprint density at radius 2 is 2.12 bits per heavy atom. The summed E-state index contributed by atoms with van der Waals surface area (Å²) in [5.74, 6) is 0. The first-order valence-electron chi connectivity index (χ1n) is 2.42. The van der Waals surface area contributed by atoms with Crippen molar-refractivity contribution in [2.75, 3.05) is 0 Å². The number of rotatable bonds is 2. The lowest BCUT2D eigenvalue weighted by atomic mass is 10.2. The third-order valence-electron chi connectivity index (χ3n) is 0.874. The molecule has 8 heavy (non-hydrogen) atoms. The van der Waals surface area contributed by atoms with Crippen LogP contribution in [0.2, 0.25) is 0 Å². The molecule has 0 radical (unpaired) electrons. The Bertz CT molecular complexity index is 131. The summed E-state index contributed by atoms with van der Waals surface area (Å²) in [4.78, 5) is 0. The SMILES string of the molecule is C=C/C=C(\C)C(=C)N. The Labute approximate surface area is 50.2 Å². The third kappa shape index (κ3) is 2.24. The van der Waals surface area contributed by atoms with Crippen LogP contribution in [0.1, 0.15) is 6.92 Å². The molecule has 2 N–H and O–H groups in total. The molecule has 44 valence electrons. The highest BCUT2D eigenvalue weighted by atomic mass is 14.6. The van der Waals surface area contributed by atoms with Gasteiger partial charge >= 0.3 is 0 Å². The van der Waals surface area contributed by atoms with E-state index in [4.69, 9.17) is 5.73 Å². The fourth-order valence-electron chi connectivity index (χ4n) is 0.284. The van der Waals surface area contributed by atoms with E-state index in [0.29, 0.717) is 5.70 Å². The second-order valence-corrected chi connectivity index (χ2v) is 1.61. The van der Waals surface area contributed by atoms with E-state index in [1.54, 1.807) is 6.08 Å². The summed E-state index contributed by atoms with van der Waals surface area (Å²) in [6.45, 7) is 8.94. The van der Waals surface area contributed by atoms with Gasteiger partial charge in [-0.3, -0.25) is 0 Å². The summed E-state index contributed by atoms with van der Waals surface area (Å²) in [7, 11) is 0. The van der Waals surface area contributed by atoms with Crippen molar-refractivity contribution in [2.45, 2.75) is 6.92 Å². The van der Waals surface area contributed by atoms with Crippen molar-refractivity contribution in [3.63, 3.8) is 0 Å². The highest BCUT2D eigenvalue weighted by Gasteiger charge is 1.83. The molecule has 0 bridgehead atoms. The maximum Gasteiger partial charge on any atom is 0.0270 e. The summed E-state index contributed by atoms with van der Waals surface area (Å²) in [6.07, 6.45) is 3.51. The molecule has 0 aliphatic carbocycles. The lowest BCUT2D eigenvalue weighted by Crippen LogP contribution is -1.94. The van der Waals surface area contributed by atoms with Gasteiger partial charge < -0.3 is 5.73 Å². The molecular formula is C7H11N. The van der Waals surface area contributed by atoms with E-state index in [-0.39, 0.29) is 0 Å². The summed E-state index contributed by atoms with van der Waals surface area (Å²) in [5.41, 5.74) is 6.89. The van der Waals surface area contributed by atoms with E-state index in [1.165, 1.54) is 0 Å². The average molecular weight is 109 g/mol. The average Bonchev–Trinajstić information content (AvgIpc) is 1.67. The quantitative estimate of drug-likeness (QED) is 0.535. The fourth-order valence-corrected chi connectivity index (χ4v) is 0.284. The highest BCUT2D eigenvalue weighted by molar-refractivity contribution is 5.25. The normalized spacial score (nSPS) is 10.9. The Morgan fingerprint density at radius 1 is 1.62 bits per heavy atom. The maximum atomic E-state index is 5.31. The highest BCUT2D eigenvalue weighted by Crippen LogP contribution is 1.97. The van der Waals surface area contributed by atoms with Gasteiger partial charge in [0.1, 0.15) is 0 Å². The zero-order valence-corrected chi connectivity index (χ0v) is 5.15. The van der Waals surface area contributed by atoms with Crippen LogP contribution >= 0.6 is 0 Å². The molecule has 1 heteroatoms. The van der Waals surface area contributed by atoms with Gasteiger partial charge in [-0.05, 0) is 12.5 Å². The van der Waals surface area contributed by atoms with Crippen LogP contribution in [-0.4, -0.2) is 0 Å². The minimum Gasteiger partial charge on any atom is -0.399 e. The molecule has 0 rings (SSSR count). The van der Waals surface area contributed by atoms with Gasteiger partial charge in [-0.15, -0.1) is 0 Å². The molecule has 0 amide bonds. The molecule has 0 fully saturated rings. The van der Waals surface area contributed by atoms with Gasteiger partial charge in [0.15, 0.2) is 0 Å². The maximum absolute atomic E-state index is 5.31. The van der Waals surface area contributed by atoms with Crippen molar-refractivity contribution in [3.8, 4) is 0 Å². The van der Waals surface area contributed by atoms with Crippen LogP contribution in [0, 0.1) is 0 Å². The lowest BCUT2D eigenvalue weighted by Gasteiger charge is -1.93. The smallest absolute Gasteiger partial charge is 0.0270 e. The molecule has 0 aliphatic rings. The van der Waals surface area contributed by atoms with Crippen LogP contribution in [0.3, 0.4) is 0 Å². The molecule has 0 saturated carbocycles. The molecule has 0 aromatic carbocycles. The van der Waals surface area contributed by atoms with Gasteiger partial charge in [-0.25, -0.2) is 0 Å². The molecule has 0 atom stereocenters. The number of allylic oxidation sites excluding steroid dienone is 3. The Kier molecular flexibility index (Phi) is 2.70. The third-order valence-corrected chi connectivity index (χ3v) is 0.874. The van der Waals surface area contributed by atoms with Crippen molar-refractivity contribution >= 4 is 0 Å². The van der Waals surface area contributed by atoms with Gasteiger partial charge in [0.05, 0.1) is 0 Å². The van der Waals surface area contributed by atoms with Gasteiger partial charge in [0.2, 0.25) is 0 Å². The second kappa shape index (κ2) is 3.08. The first-order chi connectivity index (χ1) is 3.68. The first-order valence-corrected chi connectivity index (χ1v) is 2.42. The first kappa shape index (κ1) is 7.02. The van der Waals surface area contributed by atoms with Crippen LogP contribution in [0.4, 0.5) is 0 Å². The zero-order valence-electron chi connectivity index (χ0n) is 5.15. The number of nitrogens with two attached hydrogens (primary N) is 1. The van der Waals surface area contributed by atoms with E-state index in [2.05, 4.69) is 13.2 Å². The van der Waals surface area contributed by atoms with Crippen LogP contribution < -0.4 is 5.73 Å². The monoisotopic (exact) mass is 109 g/mol. The largest absolute Gasteiger partial charge is 0.399 e. The zero-order chi connectivity index (χ0) is 6.57. The Hall–Kier alpha value is -0.980. The lowest BCUT2D eigenvalue weighted by molar-refractivity contribution is 1.31. The summed E-state index contributed by atoms with van der Waals surface area (Å²) < 4.78 is 0. The van der Waals surface area contributed by atoms with E-state index >= 15 is 0 Å². The van der Waals surface area contributed by atoms with Crippen LogP contribution in [0.15, 0.2) is 36.6 Å². The Balaban J connectivity index is 3.99. The molecule has 0 aromatic rings. The van der Waals surface area contributed by atoms with Crippen molar-refractivity contribution in [2.24, 2.45) is 5.73 Å². The molecular weight excluding hydrogens is 98.1 g/mol. The summed E-state index contributed by atoms with van der Waals surface area (Å²) in [5, 5.41) is 0. The molecule has 0 saturated heterocycles. The summed E-state index contributed by atoms with van der Waals surface area (Å²) in [6, 6.07) is 0. The van der Waals surface area contributed by atoms with E-state index < -0.39 is 0 Å². The minimum absolute atomic E-state index is 0.602. The molecule has 0 spiro atoms. The van der Waals surface area contributed by atoms with Gasteiger partial charge in [-0.1, -0.05) is 25.3 Å². The van der Waals surface area contributed by atoms with Gasteiger partial charge in [0, 0.05) is 5.70 Å². The van der Waals surface area contributed by atoms with E-state index in [9.17, 15) is 0 Å². The van der Waals surface area contributed by atoms with Crippen LogP contribution in [0.5, 0.6) is 0 Å². The standard InChI is InChI=1S/C7H11N/c1-4-5-6(2)7(3)8/h4-5H,1,3,8H2,2H3/b6-5+. The van der Waals surface area contributed by atoms with Crippen LogP contribution in [0.25, 0.3) is 0 Å². The predicted molar refractivity (Wildman–Crippen MR) is 37.3 cm³/mol. The van der Waals surface area contributed by atoms with E-state index in [0.717, 1.165) is 5.57 Å². The summed E-state index contributed by atoms with van der Waals surface area (Å²) >= 11 is 0. The topological polar surface area (TPSA) is 26.0 Å². The molecule has 0 heterocycles. The molecule has 0 unspecified atom stereocenters. The van der Waals surface area contributed by atoms with Crippen molar-refractivity contribution in [1.82, 2.24) is 0 Å². The van der Waals surface area contributed by atoms with Crippen LogP contribution in [-0.2, 0) is 0 Å². The molecule has 1 nitrogen and oxygen atoms in total. The molecule has 0 aliphatic heterocycles. The van der Waals surface area contributed by atoms with E-state index in [1.807, 2.05) is 13.0 Å². The fraction of sp³-hybridized carbons (Fsp3) is 0.143. The van der Waals surface area contributed by atoms with Crippen molar-refractivity contribution in [3.05, 3.63) is 36.6 Å². The van der Waals surface area contributed by atoms with Gasteiger partial charge in [-0.2, -0.15) is 0 Å². The molecule has 0 aromatic heterocycles. The Morgan fingerprint density at radius 3 is 2.25 bits per heavy atom. The minimum atomic E-state index is 0.602. The second-order valence-electron chi connectivity index (χ2n) is 1.61. The van der Waals surface area contributed by atoms with Crippen molar-refractivity contribution < 1.29 is 0 Å². The van der Waals surface area contributed by atoms with Gasteiger partial charge in [0.25, 0.3) is 0 Å².